The van der Waals surface area contributed by atoms with Crippen LogP contribution < -0.4 is 61.9 Å². The summed E-state index contributed by atoms with van der Waals surface area (Å²) in [4.78, 5) is 10.5. The largest absolute Gasteiger partial charge is 0.457 e. The van der Waals surface area contributed by atoms with Gasteiger partial charge in [-0.3, -0.25) is 0 Å². The quantitative estimate of drug-likeness (QED) is 0.141. The minimum absolute atomic E-state index is 0.0402. The summed E-state index contributed by atoms with van der Waals surface area (Å²) in [5.74, 6) is 3.09. The van der Waals surface area contributed by atoms with Crippen molar-refractivity contribution in [3.05, 3.63) is 262 Å². The molecule has 0 aliphatic carbocycles. The summed E-state index contributed by atoms with van der Waals surface area (Å²) in [6.07, 6.45) is 0. The summed E-state index contributed by atoms with van der Waals surface area (Å²) in [5.41, 5.74) is 32.1. The Bertz CT molecular complexity index is 5190. The Morgan fingerprint density at radius 3 is 0.711 bits per heavy atom. The average Bonchev–Trinajstić information content (AvgIpc) is 0.677. The smallest absolute Gasteiger partial charge is 0.252 e. The summed E-state index contributed by atoms with van der Waals surface area (Å²) in [6.45, 7) is 70.6. The van der Waals surface area contributed by atoms with Gasteiger partial charge in [-0.25, -0.2) is 0 Å². The molecule has 4 aliphatic heterocycles. The van der Waals surface area contributed by atoms with E-state index < -0.39 is 0 Å². The Morgan fingerprint density at radius 2 is 0.447 bits per heavy atom. The fraction of sp³-hybridized carbons (Fsp3) is 0.377. The number of anilines is 12. The Morgan fingerprint density at radius 1 is 0.193 bits per heavy atom. The molecule has 0 unspecified atom stereocenters. The van der Waals surface area contributed by atoms with Gasteiger partial charge in [0, 0.05) is 92.5 Å². The van der Waals surface area contributed by atoms with Crippen LogP contribution in [-0.2, 0) is 54.1 Å². The number of nitrogens with zero attached hydrogens (tertiary/aromatic N) is 4. The molecule has 0 amide bonds. The van der Waals surface area contributed by atoms with Crippen LogP contribution >= 0.6 is 0 Å². The van der Waals surface area contributed by atoms with E-state index in [1.165, 1.54) is 99.8 Å². The predicted molar refractivity (Wildman–Crippen MR) is 495 cm³/mol. The third-order valence-electron chi connectivity index (χ3n) is 24.5. The molecule has 0 saturated carbocycles. The lowest BCUT2D eigenvalue weighted by Gasteiger charge is -2.49. The molecule has 0 fully saturated rings. The highest BCUT2D eigenvalue weighted by molar-refractivity contribution is 7.03. The van der Waals surface area contributed by atoms with Crippen molar-refractivity contribution >= 4 is 114 Å². The lowest BCUT2D eigenvalue weighted by Crippen LogP contribution is -2.66. The third-order valence-corrected chi connectivity index (χ3v) is 24.5. The third kappa shape index (κ3) is 14.4. The van der Waals surface area contributed by atoms with Crippen molar-refractivity contribution in [3.63, 3.8) is 0 Å². The van der Waals surface area contributed by atoms with Crippen LogP contribution in [0.15, 0.2) is 206 Å². The minimum atomic E-state index is -0.326. The number of benzene rings is 11. The standard InChI is InChI=1S/C106H124B2N4O2/c1-97(2,3)65-41-45-77(46-42-65)113-79-59-89-95-91(61-79)111(75-51-67(99(7,8)9)49-68(52-75)100(10,11)12)87-57-71(103(19,20)21)55-81(105(25,26)27)93(87)107(95)83-63-84-86(64-85(83)109(89)73-37-33-31-34-38-73)110(74-39-35-32-36-40-74)90-60-80(114-78-47-43-66(44-48-78)98(4,5)6)62-92-96(90)108(84)94-82(106(28,29)30)56-72(104(22,23)24)58-88(94)112(92)76-53-69(101(13,14)15)50-70(54-76)102(16,17)18/h31-64H,1-30H3. The first kappa shape index (κ1) is 79.6. The summed E-state index contributed by atoms with van der Waals surface area (Å²) in [5, 5.41) is 0. The predicted octanol–water partition coefficient (Wildman–Crippen LogP) is 26.4. The second-order valence-electron chi connectivity index (χ2n) is 43.8. The van der Waals surface area contributed by atoms with E-state index in [0.29, 0.717) is 0 Å². The number of hydrogen-bond donors (Lipinski definition) is 0. The molecule has 6 nitrogen and oxygen atoms in total. The van der Waals surface area contributed by atoms with Gasteiger partial charge in [0.15, 0.2) is 0 Å². The topological polar surface area (TPSA) is 31.4 Å². The lowest BCUT2D eigenvalue weighted by atomic mass is 9.29. The molecule has 4 heterocycles. The highest BCUT2D eigenvalue weighted by Gasteiger charge is 2.52. The van der Waals surface area contributed by atoms with Crippen molar-refractivity contribution < 1.29 is 9.47 Å². The minimum Gasteiger partial charge on any atom is -0.457 e. The van der Waals surface area contributed by atoms with Crippen molar-refractivity contribution in [2.75, 3.05) is 19.6 Å². The van der Waals surface area contributed by atoms with Gasteiger partial charge in [0.05, 0.1) is 0 Å². The Labute approximate surface area is 685 Å². The molecule has 15 rings (SSSR count). The number of para-hydroxylation sites is 2. The van der Waals surface area contributed by atoms with E-state index in [2.05, 4.69) is 434 Å². The van der Waals surface area contributed by atoms with E-state index in [1.807, 2.05) is 0 Å². The van der Waals surface area contributed by atoms with Crippen molar-refractivity contribution in [3.8, 4) is 23.0 Å². The normalized spacial score (nSPS) is 14.5. The van der Waals surface area contributed by atoms with Crippen LogP contribution in [0.4, 0.5) is 68.2 Å². The molecule has 0 N–H and O–H groups in total. The molecule has 8 heteroatoms. The van der Waals surface area contributed by atoms with E-state index >= 15 is 0 Å². The molecule has 0 radical (unpaired) electrons. The molecule has 0 aromatic heterocycles. The van der Waals surface area contributed by atoms with Crippen LogP contribution in [0.5, 0.6) is 23.0 Å². The second-order valence-corrected chi connectivity index (χ2v) is 43.8. The molecule has 0 bridgehead atoms. The Hall–Kier alpha value is -9.65. The molecular formula is C106H124B2N4O2. The number of fused-ring (bicyclic) bond motifs is 8. The van der Waals surface area contributed by atoms with Crippen LogP contribution in [0.2, 0.25) is 0 Å². The van der Waals surface area contributed by atoms with Crippen molar-refractivity contribution in [1.29, 1.82) is 0 Å². The first-order chi connectivity index (χ1) is 52.8. The SMILES string of the molecule is CC(C)(C)c1ccc(Oc2cc3c4c(c2)N(c2cc(C(C)(C)C)cc(C(C)(C)C)c2)c2cc(C(C)(C)C)cc(C(C)(C)C)c2B4c2cc4c(cc2N3c2ccccc2)N(c2ccccc2)c2cc(Oc3ccc(C(C)(C)C)cc3)cc3c2B4c2c(cc(C(C)(C)C)cc2C(C)(C)C)N3c2cc(C(C)(C)C)cc(C(C)(C)C)c2)cc1. The maximum Gasteiger partial charge on any atom is 0.252 e. The van der Waals surface area contributed by atoms with Gasteiger partial charge < -0.3 is 29.1 Å². The van der Waals surface area contributed by atoms with Crippen LogP contribution in [0.1, 0.15) is 263 Å². The van der Waals surface area contributed by atoms with Crippen LogP contribution in [-0.4, -0.2) is 13.4 Å². The fourth-order valence-electron chi connectivity index (χ4n) is 17.7. The molecule has 114 heavy (non-hydrogen) atoms. The van der Waals surface area contributed by atoms with Gasteiger partial charge in [0.2, 0.25) is 0 Å². The van der Waals surface area contributed by atoms with Gasteiger partial charge >= 0.3 is 0 Å². The zero-order valence-corrected chi connectivity index (χ0v) is 74.4. The van der Waals surface area contributed by atoms with Gasteiger partial charge in [0.1, 0.15) is 23.0 Å². The summed E-state index contributed by atoms with van der Waals surface area (Å²) in [7, 11) is 0. The zero-order chi connectivity index (χ0) is 82.4. The van der Waals surface area contributed by atoms with Crippen molar-refractivity contribution in [2.24, 2.45) is 0 Å². The zero-order valence-electron chi connectivity index (χ0n) is 74.4. The first-order valence-corrected chi connectivity index (χ1v) is 41.9. The monoisotopic (exact) mass is 1510 g/mol. The van der Waals surface area contributed by atoms with Crippen LogP contribution in [0, 0.1) is 0 Å². The first-order valence-electron chi connectivity index (χ1n) is 41.9. The maximum atomic E-state index is 7.51. The van der Waals surface area contributed by atoms with Gasteiger partial charge in [0.25, 0.3) is 13.4 Å². The number of ether oxygens (including phenoxy) is 2. The van der Waals surface area contributed by atoms with E-state index in [9.17, 15) is 0 Å². The molecule has 11 aromatic rings. The summed E-state index contributed by atoms with van der Waals surface area (Å²) < 4.78 is 15.0. The maximum absolute atomic E-state index is 7.51. The summed E-state index contributed by atoms with van der Waals surface area (Å²) >= 11 is 0. The van der Waals surface area contributed by atoms with Crippen molar-refractivity contribution in [2.45, 2.75) is 262 Å². The van der Waals surface area contributed by atoms with E-state index in [4.69, 9.17) is 9.47 Å². The van der Waals surface area contributed by atoms with Crippen LogP contribution in [0.3, 0.4) is 0 Å². The van der Waals surface area contributed by atoms with E-state index in [0.717, 1.165) is 79.9 Å². The van der Waals surface area contributed by atoms with Gasteiger partial charge in [-0.1, -0.05) is 299 Å². The molecule has 0 spiro atoms. The van der Waals surface area contributed by atoms with Crippen LogP contribution in [0.25, 0.3) is 0 Å². The fourth-order valence-corrected chi connectivity index (χ4v) is 17.7. The molecule has 586 valence electrons. The molecule has 4 aliphatic rings. The van der Waals surface area contributed by atoms with Crippen molar-refractivity contribution in [1.82, 2.24) is 0 Å². The van der Waals surface area contributed by atoms with Gasteiger partial charge in [-0.05, 0) is 234 Å². The number of rotatable bonds is 8. The number of hydrogen-bond acceptors (Lipinski definition) is 6. The average molecular weight is 1510 g/mol. The van der Waals surface area contributed by atoms with Gasteiger partial charge in [-0.15, -0.1) is 0 Å². The lowest BCUT2D eigenvalue weighted by molar-refractivity contribution is 0.481. The second kappa shape index (κ2) is 27.0. The van der Waals surface area contributed by atoms with E-state index in [1.54, 1.807) is 0 Å². The summed E-state index contributed by atoms with van der Waals surface area (Å²) in [6, 6.07) is 80.2. The van der Waals surface area contributed by atoms with E-state index in [-0.39, 0.29) is 67.6 Å². The Kier molecular flexibility index (Phi) is 18.8. The Balaban J connectivity index is 1.14. The molecule has 11 aromatic carbocycles. The van der Waals surface area contributed by atoms with Gasteiger partial charge in [-0.2, -0.15) is 0 Å². The molecule has 0 saturated heterocycles. The molecule has 0 atom stereocenters. The highest BCUT2D eigenvalue weighted by Crippen LogP contribution is 2.55. The molecular weight excluding hydrogens is 1380 g/mol. The highest BCUT2D eigenvalue weighted by atomic mass is 16.5.